The van der Waals surface area contributed by atoms with Crippen LogP contribution >= 0.6 is 27.5 Å². The van der Waals surface area contributed by atoms with Crippen molar-refractivity contribution in [2.45, 2.75) is 12.8 Å². The lowest BCUT2D eigenvalue weighted by atomic mass is 10.2. The summed E-state index contributed by atoms with van der Waals surface area (Å²) in [6, 6.07) is 12.0. The van der Waals surface area contributed by atoms with Crippen molar-refractivity contribution in [3.63, 3.8) is 0 Å². The summed E-state index contributed by atoms with van der Waals surface area (Å²) < 4.78 is 11.2. The van der Waals surface area contributed by atoms with Gasteiger partial charge in [0.05, 0.1) is 30.0 Å². The largest absolute Gasteiger partial charge is 0.494 e. The number of ether oxygens (including phenoxy) is 2. The van der Waals surface area contributed by atoms with Crippen LogP contribution in [0.3, 0.4) is 0 Å². The molecule has 0 aliphatic rings. The molecule has 0 bridgehead atoms. The third-order valence-electron chi connectivity index (χ3n) is 3.29. The Morgan fingerprint density at radius 2 is 1.88 bits per heavy atom. The van der Waals surface area contributed by atoms with E-state index in [1.54, 1.807) is 6.07 Å². The molecule has 1 N–H and O–H groups in total. The fourth-order valence-electron chi connectivity index (χ4n) is 2.03. The van der Waals surface area contributed by atoms with Gasteiger partial charge < -0.3 is 14.8 Å². The van der Waals surface area contributed by atoms with Crippen molar-refractivity contribution in [3.8, 4) is 5.75 Å². The SMILES string of the molecule is COC(=O)c1ccc(Cl)c(NC(=O)CCCOc2ccc(Br)cc2)c1. The summed E-state index contributed by atoms with van der Waals surface area (Å²) in [4.78, 5) is 23.6. The van der Waals surface area contributed by atoms with E-state index >= 15 is 0 Å². The average molecular weight is 427 g/mol. The predicted molar refractivity (Wildman–Crippen MR) is 100 cm³/mol. The zero-order valence-electron chi connectivity index (χ0n) is 13.6. The van der Waals surface area contributed by atoms with Gasteiger partial charge in [-0.25, -0.2) is 4.79 Å². The lowest BCUT2D eigenvalue weighted by molar-refractivity contribution is -0.116. The first-order valence-electron chi connectivity index (χ1n) is 7.55. The standard InChI is InChI=1S/C18H17BrClNO4/c1-24-18(23)12-4-9-15(20)16(11-12)21-17(22)3-2-10-25-14-7-5-13(19)6-8-14/h4-9,11H,2-3,10H2,1H3,(H,21,22). The zero-order valence-corrected chi connectivity index (χ0v) is 15.9. The van der Waals surface area contributed by atoms with Crippen molar-refractivity contribution in [1.29, 1.82) is 0 Å². The molecule has 0 radical (unpaired) electrons. The van der Waals surface area contributed by atoms with Crippen molar-refractivity contribution < 1.29 is 19.1 Å². The molecule has 2 rings (SSSR count). The summed E-state index contributed by atoms with van der Waals surface area (Å²) in [7, 11) is 1.29. The number of hydrogen-bond donors (Lipinski definition) is 1. The zero-order chi connectivity index (χ0) is 18.2. The number of carbonyl (C=O) groups excluding carboxylic acids is 2. The fraction of sp³-hybridized carbons (Fsp3) is 0.222. The van der Waals surface area contributed by atoms with Crippen LogP contribution in [0.15, 0.2) is 46.9 Å². The second-order valence-electron chi connectivity index (χ2n) is 5.14. The fourth-order valence-corrected chi connectivity index (χ4v) is 2.46. The average Bonchev–Trinajstić information content (AvgIpc) is 2.61. The summed E-state index contributed by atoms with van der Waals surface area (Å²) >= 11 is 9.40. The molecule has 0 aromatic heterocycles. The van der Waals surface area contributed by atoms with E-state index in [0.29, 0.717) is 29.3 Å². The summed E-state index contributed by atoms with van der Waals surface area (Å²) in [5.41, 5.74) is 0.698. The van der Waals surface area contributed by atoms with E-state index in [4.69, 9.17) is 16.3 Å². The molecule has 7 heteroatoms. The Labute approximate surface area is 159 Å². The normalized spacial score (nSPS) is 10.2. The topological polar surface area (TPSA) is 64.6 Å². The van der Waals surface area contributed by atoms with Crippen molar-refractivity contribution in [2.75, 3.05) is 19.0 Å². The van der Waals surface area contributed by atoms with Gasteiger partial charge in [0.25, 0.3) is 0 Å². The number of amides is 1. The molecule has 2 aromatic carbocycles. The Hall–Kier alpha value is -2.05. The number of hydrogen-bond acceptors (Lipinski definition) is 4. The van der Waals surface area contributed by atoms with E-state index in [9.17, 15) is 9.59 Å². The molecule has 0 aliphatic carbocycles. The molecule has 5 nitrogen and oxygen atoms in total. The molecule has 132 valence electrons. The Morgan fingerprint density at radius 3 is 2.56 bits per heavy atom. The Balaban J connectivity index is 1.81. The lowest BCUT2D eigenvalue weighted by Crippen LogP contribution is -2.14. The van der Waals surface area contributed by atoms with Gasteiger partial charge in [0, 0.05) is 10.9 Å². The Kier molecular flexibility index (Phi) is 7.28. The van der Waals surface area contributed by atoms with Gasteiger partial charge in [-0.15, -0.1) is 0 Å². The molecule has 0 aliphatic heterocycles. The predicted octanol–water partition coefficient (Wildman–Crippen LogP) is 4.69. The van der Waals surface area contributed by atoms with Gasteiger partial charge in [0.2, 0.25) is 5.91 Å². The van der Waals surface area contributed by atoms with Crippen LogP contribution < -0.4 is 10.1 Å². The molecule has 0 spiro atoms. The van der Waals surface area contributed by atoms with Gasteiger partial charge in [-0.3, -0.25) is 4.79 Å². The molecular weight excluding hydrogens is 410 g/mol. The first-order valence-corrected chi connectivity index (χ1v) is 8.73. The minimum Gasteiger partial charge on any atom is -0.494 e. The molecule has 0 atom stereocenters. The molecule has 0 fully saturated rings. The van der Waals surface area contributed by atoms with Gasteiger partial charge in [0.1, 0.15) is 5.75 Å². The Morgan fingerprint density at radius 1 is 1.16 bits per heavy atom. The molecule has 1 amide bonds. The van der Waals surface area contributed by atoms with E-state index in [1.165, 1.54) is 19.2 Å². The smallest absolute Gasteiger partial charge is 0.337 e. The second kappa shape index (κ2) is 9.44. The van der Waals surface area contributed by atoms with Crippen LogP contribution in [0.2, 0.25) is 5.02 Å². The van der Waals surface area contributed by atoms with E-state index in [2.05, 4.69) is 26.0 Å². The lowest BCUT2D eigenvalue weighted by Gasteiger charge is -2.09. The van der Waals surface area contributed by atoms with Crippen molar-refractivity contribution in [1.82, 2.24) is 0 Å². The number of benzene rings is 2. The summed E-state index contributed by atoms with van der Waals surface area (Å²) in [5, 5.41) is 3.05. The monoisotopic (exact) mass is 425 g/mol. The highest BCUT2D eigenvalue weighted by molar-refractivity contribution is 9.10. The highest BCUT2D eigenvalue weighted by Gasteiger charge is 2.11. The molecule has 2 aromatic rings. The second-order valence-corrected chi connectivity index (χ2v) is 6.46. The van der Waals surface area contributed by atoms with Crippen LogP contribution in [0.5, 0.6) is 5.75 Å². The molecule has 25 heavy (non-hydrogen) atoms. The number of methoxy groups -OCH3 is 1. The van der Waals surface area contributed by atoms with E-state index in [-0.39, 0.29) is 12.3 Å². The Bertz CT molecular complexity index is 749. The van der Waals surface area contributed by atoms with Crippen molar-refractivity contribution >= 4 is 45.1 Å². The van der Waals surface area contributed by atoms with Crippen LogP contribution in [0.4, 0.5) is 5.69 Å². The number of rotatable bonds is 7. The summed E-state index contributed by atoms with van der Waals surface area (Å²) in [6.07, 6.45) is 0.825. The number of halogens is 2. The van der Waals surface area contributed by atoms with Crippen LogP contribution in [-0.2, 0) is 9.53 Å². The maximum Gasteiger partial charge on any atom is 0.337 e. The van der Waals surface area contributed by atoms with E-state index in [0.717, 1.165) is 10.2 Å². The third kappa shape index (κ3) is 6.07. The first-order chi connectivity index (χ1) is 12.0. The third-order valence-corrected chi connectivity index (χ3v) is 4.15. The van der Waals surface area contributed by atoms with E-state index in [1.807, 2.05) is 24.3 Å². The van der Waals surface area contributed by atoms with Crippen molar-refractivity contribution in [2.24, 2.45) is 0 Å². The van der Waals surface area contributed by atoms with Crippen LogP contribution in [0.25, 0.3) is 0 Å². The number of esters is 1. The minimum atomic E-state index is -0.491. The highest BCUT2D eigenvalue weighted by atomic mass is 79.9. The first kappa shape index (κ1) is 19.3. The number of nitrogens with one attached hydrogen (secondary N) is 1. The van der Waals surface area contributed by atoms with Crippen LogP contribution in [-0.4, -0.2) is 25.6 Å². The van der Waals surface area contributed by atoms with Gasteiger partial charge in [-0.05, 0) is 48.9 Å². The summed E-state index contributed by atoms with van der Waals surface area (Å²) in [6.45, 7) is 0.422. The minimum absolute atomic E-state index is 0.205. The number of anilines is 1. The van der Waals surface area contributed by atoms with Gasteiger partial charge in [0.15, 0.2) is 0 Å². The molecule has 0 unspecified atom stereocenters. The molecular formula is C18H17BrClNO4. The summed E-state index contributed by atoms with van der Waals surface area (Å²) in [5.74, 6) is 0.0517. The molecule has 0 saturated carbocycles. The van der Waals surface area contributed by atoms with Gasteiger partial charge in [-0.1, -0.05) is 27.5 Å². The van der Waals surface area contributed by atoms with Gasteiger partial charge in [-0.2, -0.15) is 0 Å². The van der Waals surface area contributed by atoms with Gasteiger partial charge >= 0.3 is 5.97 Å². The quantitative estimate of drug-likeness (QED) is 0.515. The highest BCUT2D eigenvalue weighted by Crippen LogP contribution is 2.24. The van der Waals surface area contributed by atoms with Crippen LogP contribution in [0.1, 0.15) is 23.2 Å². The maximum atomic E-state index is 12.0. The van der Waals surface area contributed by atoms with E-state index < -0.39 is 5.97 Å². The van der Waals surface area contributed by atoms with Crippen molar-refractivity contribution in [3.05, 3.63) is 57.5 Å². The molecule has 0 heterocycles. The maximum absolute atomic E-state index is 12.0. The molecule has 0 saturated heterocycles. The number of carbonyl (C=O) groups is 2. The van der Waals surface area contributed by atoms with Crippen LogP contribution in [0, 0.1) is 0 Å².